The summed E-state index contributed by atoms with van der Waals surface area (Å²) >= 11 is 1.75. The van der Waals surface area contributed by atoms with Crippen LogP contribution in [0, 0.1) is 5.82 Å². The zero-order valence-electron chi connectivity index (χ0n) is 15.1. The van der Waals surface area contributed by atoms with Gasteiger partial charge in [0.15, 0.2) is 5.96 Å². The summed E-state index contributed by atoms with van der Waals surface area (Å²) in [5, 5.41) is 6.58. The molecule has 1 aromatic rings. The highest BCUT2D eigenvalue weighted by Crippen LogP contribution is 2.47. The van der Waals surface area contributed by atoms with Crippen LogP contribution in [-0.4, -0.2) is 62.5 Å². The summed E-state index contributed by atoms with van der Waals surface area (Å²) in [5.74, 6) is 1.34. The van der Waals surface area contributed by atoms with E-state index in [1.807, 2.05) is 12.3 Å². The molecule has 0 spiro atoms. The van der Waals surface area contributed by atoms with Crippen LogP contribution in [0.25, 0.3) is 0 Å². The number of nitrogens with one attached hydrogen (secondary N) is 2. The Morgan fingerprint density at radius 3 is 2.72 bits per heavy atom. The molecule has 0 aliphatic heterocycles. The van der Waals surface area contributed by atoms with Crippen LogP contribution in [0.2, 0.25) is 0 Å². The molecule has 0 heterocycles. The zero-order chi connectivity index (χ0) is 18.3. The second-order valence-corrected chi connectivity index (χ2v) is 7.50. The molecule has 2 rings (SSSR count). The standard InChI is InChI=1S/C18H27FN4OS/c1-23(2)16(24)12-21-17(20-9-10-25-3)22-13-18(7-8-18)14-5-4-6-15(19)11-14/h4-6,11H,7-10,12-13H2,1-3H3,(H2,20,21,22). The fourth-order valence-corrected chi connectivity index (χ4v) is 2.83. The molecule has 1 aliphatic rings. The Bertz CT molecular complexity index is 617. The second kappa shape index (κ2) is 9.08. The van der Waals surface area contributed by atoms with Crippen molar-refractivity contribution in [2.24, 2.45) is 4.99 Å². The highest BCUT2D eigenvalue weighted by Gasteiger charge is 2.44. The summed E-state index contributed by atoms with van der Waals surface area (Å²) in [5.41, 5.74) is 0.989. The smallest absolute Gasteiger partial charge is 0.243 e. The van der Waals surface area contributed by atoms with E-state index in [0.717, 1.165) is 30.7 Å². The van der Waals surface area contributed by atoms with E-state index >= 15 is 0 Å². The maximum absolute atomic E-state index is 13.5. The first kappa shape index (κ1) is 19.6. The lowest BCUT2D eigenvalue weighted by Gasteiger charge is -2.19. The molecule has 138 valence electrons. The predicted octanol–water partition coefficient (Wildman–Crippen LogP) is 1.84. The van der Waals surface area contributed by atoms with Gasteiger partial charge in [0, 0.05) is 38.4 Å². The van der Waals surface area contributed by atoms with Gasteiger partial charge < -0.3 is 15.5 Å². The van der Waals surface area contributed by atoms with E-state index in [2.05, 4.69) is 15.6 Å². The van der Waals surface area contributed by atoms with Gasteiger partial charge in [0.1, 0.15) is 12.4 Å². The van der Waals surface area contributed by atoms with Gasteiger partial charge in [-0.05, 0) is 36.8 Å². The number of halogens is 1. The van der Waals surface area contributed by atoms with Crippen LogP contribution < -0.4 is 10.6 Å². The van der Waals surface area contributed by atoms with Gasteiger partial charge in [-0.25, -0.2) is 9.38 Å². The van der Waals surface area contributed by atoms with Gasteiger partial charge in [0.05, 0.1) is 0 Å². The molecule has 1 amide bonds. The number of carbonyl (C=O) groups is 1. The summed E-state index contributed by atoms with van der Waals surface area (Å²) < 4.78 is 13.5. The fourth-order valence-electron chi connectivity index (χ4n) is 2.52. The molecule has 1 aromatic carbocycles. The number of likely N-dealkylation sites (N-methyl/N-ethyl adjacent to an activating group) is 1. The fraction of sp³-hybridized carbons (Fsp3) is 0.556. The minimum atomic E-state index is -0.202. The van der Waals surface area contributed by atoms with Crippen LogP contribution in [0.1, 0.15) is 18.4 Å². The molecule has 0 bridgehead atoms. The third-order valence-corrected chi connectivity index (χ3v) is 4.97. The lowest BCUT2D eigenvalue weighted by molar-refractivity contribution is -0.127. The van der Waals surface area contributed by atoms with Crippen molar-refractivity contribution in [1.82, 2.24) is 15.5 Å². The molecule has 0 atom stereocenters. The summed E-state index contributed by atoms with van der Waals surface area (Å²) in [6, 6.07) is 6.82. The van der Waals surface area contributed by atoms with E-state index in [-0.39, 0.29) is 23.7 Å². The van der Waals surface area contributed by atoms with Gasteiger partial charge in [-0.15, -0.1) is 0 Å². The molecular weight excluding hydrogens is 339 g/mol. The van der Waals surface area contributed by atoms with Crippen LogP contribution in [0.4, 0.5) is 4.39 Å². The van der Waals surface area contributed by atoms with Crippen molar-refractivity contribution in [3.63, 3.8) is 0 Å². The van der Waals surface area contributed by atoms with E-state index in [1.54, 1.807) is 38.0 Å². The number of rotatable bonds is 8. The number of amides is 1. The number of aliphatic imine (C=N–C) groups is 1. The monoisotopic (exact) mass is 366 g/mol. The van der Waals surface area contributed by atoms with Gasteiger partial charge in [-0.2, -0.15) is 11.8 Å². The number of nitrogens with zero attached hydrogens (tertiary/aromatic N) is 2. The molecular formula is C18H27FN4OS. The largest absolute Gasteiger partial charge is 0.356 e. The van der Waals surface area contributed by atoms with Crippen LogP contribution in [0.15, 0.2) is 29.3 Å². The third-order valence-electron chi connectivity index (χ3n) is 4.35. The predicted molar refractivity (Wildman–Crippen MR) is 103 cm³/mol. The Hall–Kier alpha value is -1.76. The molecule has 1 saturated carbocycles. The lowest BCUT2D eigenvalue weighted by Crippen LogP contribution is -2.42. The molecule has 2 N–H and O–H groups in total. The van der Waals surface area contributed by atoms with Gasteiger partial charge >= 0.3 is 0 Å². The first-order chi connectivity index (χ1) is 12.0. The molecule has 0 aromatic heterocycles. The lowest BCUT2D eigenvalue weighted by atomic mass is 9.96. The SMILES string of the molecule is CSCCNC(=NCC(=O)N(C)C)NCC1(c2cccc(F)c2)CC1. The Kier molecular flexibility index (Phi) is 7.11. The summed E-state index contributed by atoms with van der Waals surface area (Å²) in [6.07, 6.45) is 4.10. The summed E-state index contributed by atoms with van der Waals surface area (Å²) in [4.78, 5) is 17.7. The first-order valence-electron chi connectivity index (χ1n) is 8.44. The quantitative estimate of drug-likeness (QED) is 0.419. The highest BCUT2D eigenvalue weighted by atomic mass is 32.2. The highest BCUT2D eigenvalue weighted by molar-refractivity contribution is 7.98. The average Bonchev–Trinajstić information content (AvgIpc) is 3.37. The minimum Gasteiger partial charge on any atom is -0.356 e. The molecule has 5 nitrogen and oxygen atoms in total. The second-order valence-electron chi connectivity index (χ2n) is 6.52. The maximum atomic E-state index is 13.5. The normalized spacial score (nSPS) is 15.6. The van der Waals surface area contributed by atoms with Crippen molar-refractivity contribution in [3.05, 3.63) is 35.6 Å². The van der Waals surface area contributed by atoms with Gasteiger partial charge in [-0.1, -0.05) is 12.1 Å². The van der Waals surface area contributed by atoms with E-state index in [0.29, 0.717) is 12.5 Å². The number of carbonyl (C=O) groups excluding carboxylic acids is 1. The van der Waals surface area contributed by atoms with Crippen LogP contribution in [0.5, 0.6) is 0 Å². The first-order valence-corrected chi connectivity index (χ1v) is 9.83. The Morgan fingerprint density at radius 1 is 1.36 bits per heavy atom. The van der Waals surface area contributed by atoms with Crippen molar-refractivity contribution >= 4 is 23.6 Å². The Balaban J connectivity index is 1.98. The molecule has 1 fully saturated rings. The molecule has 0 saturated heterocycles. The third kappa shape index (κ3) is 5.92. The summed E-state index contributed by atoms with van der Waals surface area (Å²) in [6.45, 7) is 1.56. The zero-order valence-corrected chi connectivity index (χ0v) is 16.0. The molecule has 1 aliphatic carbocycles. The van der Waals surface area contributed by atoms with Crippen LogP contribution in [0.3, 0.4) is 0 Å². The molecule has 0 radical (unpaired) electrons. The topological polar surface area (TPSA) is 56.7 Å². The number of benzene rings is 1. The van der Waals surface area contributed by atoms with Crippen LogP contribution >= 0.6 is 11.8 Å². The molecule has 7 heteroatoms. The molecule has 25 heavy (non-hydrogen) atoms. The van der Waals surface area contributed by atoms with Gasteiger partial charge in [-0.3, -0.25) is 4.79 Å². The van der Waals surface area contributed by atoms with Gasteiger partial charge in [0.2, 0.25) is 5.91 Å². The molecule has 0 unspecified atom stereocenters. The van der Waals surface area contributed by atoms with Crippen molar-refractivity contribution in [1.29, 1.82) is 0 Å². The number of guanidine groups is 1. The van der Waals surface area contributed by atoms with Crippen LogP contribution in [-0.2, 0) is 10.2 Å². The van der Waals surface area contributed by atoms with E-state index in [1.165, 1.54) is 11.0 Å². The van der Waals surface area contributed by atoms with Crippen molar-refractivity contribution in [2.75, 3.05) is 45.7 Å². The van der Waals surface area contributed by atoms with Crippen molar-refractivity contribution < 1.29 is 9.18 Å². The van der Waals surface area contributed by atoms with E-state index in [9.17, 15) is 9.18 Å². The Labute approximate surface area is 153 Å². The Morgan fingerprint density at radius 2 is 2.12 bits per heavy atom. The van der Waals surface area contributed by atoms with Crippen molar-refractivity contribution in [3.8, 4) is 0 Å². The van der Waals surface area contributed by atoms with Crippen molar-refractivity contribution in [2.45, 2.75) is 18.3 Å². The minimum absolute atomic E-state index is 0.0321. The van der Waals surface area contributed by atoms with Gasteiger partial charge in [0.25, 0.3) is 0 Å². The number of thioether (sulfide) groups is 1. The van der Waals surface area contributed by atoms with E-state index in [4.69, 9.17) is 0 Å². The average molecular weight is 367 g/mol. The number of hydrogen-bond donors (Lipinski definition) is 2. The number of hydrogen-bond acceptors (Lipinski definition) is 3. The maximum Gasteiger partial charge on any atom is 0.243 e. The summed E-state index contributed by atoms with van der Waals surface area (Å²) in [7, 11) is 3.44. The van der Waals surface area contributed by atoms with E-state index < -0.39 is 0 Å².